The van der Waals surface area contributed by atoms with Crippen LogP contribution in [0, 0.1) is 6.92 Å². The Morgan fingerprint density at radius 3 is 2.56 bits per heavy atom. The average Bonchev–Trinajstić information content (AvgIpc) is 3.08. The maximum atomic E-state index is 12.6. The molecule has 0 unspecified atom stereocenters. The second-order valence-corrected chi connectivity index (χ2v) is 8.04. The minimum Gasteiger partial charge on any atom is -0.493 e. The van der Waals surface area contributed by atoms with E-state index in [1.165, 1.54) is 18.9 Å². The molecule has 0 aliphatic carbocycles. The largest absolute Gasteiger partial charge is 0.493 e. The van der Waals surface area contributed by atoms with Crippen molar-refractivity contribution in [1.82, 2.24) is 4.90 Å². The summed E-state index contributed by atoms with van der Waals surface area (Å²) in [4.78, 5) is 31.5. The number of rotatable bonds is 8. The van der Waals surface area contributed by atoms with Gasteiger partial charge in [-0.1, -0.05) is 23.8 Å². The first-order valence-corrected chi connectivity index (χ1v) is 11.2. The molecule has 0 saturated carbocycles. The Bertz CT molecular complexity index is 1050. The van der Waals surface area contributed by atoms with Crippen LogP contribution in [0.4, 0.5) is 5.69 Å². The summed E-state index contributed by atoms with van der Waals surface area (Å²) in [5.41, 5.74) is 2.62. The fourth-order valence-electron chi connectivity index (χ4n) is 3.06. The summed E-state index contributed by atoms with van der Waals surface area (Å²) in [6.07, 6.45) is 1.81. The third-order valence-corrected chi connectivity index (χ3v) is 5.72. The van der Waals surface area contributed by atoms with Crippen LogP contribution in [0.3, 0.4) is 0 Å². The number of carbonyl (C=O) groups is 2. The maximum absolute atomic E-state index is 12.6. The molecule has 0 atom stereocenters. The molecule has 1 N–H and O–H groups in total. The molecule has 32 heavy (non-hydrogen) atoms. The Balaban J connectivity index is 1.68. The second kappa shape index (κ2) is 10.9. The highest BCUT2D eigenvalue weighted by Crippen LogP contribution is 2.34. The van der Waals surface area contributed by atoms with Gasteiger partial charge in [0.15, 0.2) is 23.3 Å². The first-order valence-electron chi connectivity index (χ1n) is 10.4. The van der Waals surface area contributed by atoms with Crippen molar-refractivity contribution < 1.29 is 19.1 Å². The number of aliphatic imine (C=N–C) groups is 1. The molecule has 8 heteroatoms. The third-order valence-electron chi connectivity index (χ3n) is 4.68. The van der Waals surface area contributed by atoms with E-state index in [9.17, 15) is 9.59 Å². The molecule has 0 bridgehead atoms. The number of methoxy groups -OCH3 is 1. The fraction of sp³-hybridized carbons (Fsp3) is 0.292. The standard InChI is InChI=1S/C24H27N3O4S/c1-5-25-24-27(6-2)23(29)21(32-24)14-17-9-12-19(20(13-17)30-4)31-15-22(28)26-18-10-7-16(3)8-11-18/h7-14H,5-6,15H2,1-4H3,(H,26,28)/b21-14+,25-24?. The van der Waals surface area contributed by atoms with E-state index in [-0.39, 0.29) is 18.4 Å². The number of nitrogens with one attached hydrogen (secondary N) is 1. The van der Waals surface area contributed by atoms with E-state index >= 15 is 0 Å². The Morgan fingerprint density at radius 1 is 1.16 bits per heavy atom. The molecule has 2 aromatic rings. The zero-order valence-electron chi connectivity index (χ0n) is 18.7. The quantitative estimate of drug-likeness (QED) is 0.602. The number of hydrogen-bond donors (Lipinski definition) is 1. The lowest BCUT2D eigenvalue weighted by Crippen LogP contribution is -2.28. The van der Waals surface area contributed by atoms with Crippen LogP contribution in [0.5, 0.6) is 11.5 Å². The SMILES string of the molecule is CCN=C1S/C(=C/c2ccc(OCC(=O)Nc3ccc(C)cc3)c(OC)c2)C(=O)N1CC. The van der Waals surface area contributed by atoms with Crippen LogP contribution in [-0.4, -0.2) is 48.7 Å². The lowest BCUT2D eigenvalue weighted by Gasteiger charge is -2.12. The number of carbonyl (C=O) groups excluding carboxylic acids is 2. The lowest BCUT2D eigenvalue weighted by atomic mass is 10.2. The highest BCUT2D eigenvalue weighted by Gasteiger charge is 2.31. The van der Waals surface area contributed by atoms with E-state index < -0.39 is 0 Å². The van der Waals surface area contributed by atoms with Crippen molar-refractivity contribution in [3.63, 3.8) is 0 Å². The molecule has 1 fully saturated rings. The van der Waals surface area contributed by atoms with Crippen molar-refractivity contribution in [2.24, 2.45) is 4.99 Å². The topological polar surface area (TPSA) is 80.2 Å². The van der Waals surface area contributed by atoms with E-state index in [4.69, 9.17) is 9.47 Å². The molecule has 1 aliphatic rings. The first-order chi connectivity index (χ1) is 15.4. The van der Waals surface area contributed by atoms with Crippen molar-refractivity contribution in [3.05, 3.63) is 58.5 Å². The van der Waals surface area contributed by atoms with E-state index in [2.05, 4.69) is 10.3 Å². The summed E-state index contributed by atoms with van der Waals surface area (Å²) in [5, 5.41) is 3.52. The van der Waals surface area contributed by atoms with Crippen molar-refractivity contribution in [2.45, 2.75) is 20.8 Å². The van der Waals surface area contributed by atoms with Crippen molar-refractivity contribution in [1.29, 1.82) is 0 Å². The average molecular weight is 454 g/mol. The van der Waals surface area contributed by atoms with Gasteiger partial charge in [-0.15, -0.1) is 0 Å². The van der Waals surface area contributed by atoms with Crippen LogP contribution < -0.4 is 14.8 Å². The summed E-state index contributed by atoms with van der Waals surface area (Å²) in [6, 6.07) is 12.9. The number of likely N-dealkylation sites (N-methyl/N-ethyl adjacent to an activating group) is 1. The molecule has 168 valence electrons. The molecule has 3 rings (SSSR count). The third kappa shape index (κ3) is 5.70. The van der Waals surface area contributed by atoms with Gasteiger partial charge in [0.2, 0.25) is 0 Å². The number of aryl methyl sites for hydroxylation is 1. The van der Waals surface area contributed by atoms with Crippen molar-refractivity contribution >= 4 is 40.5 Å². The van der Waals surface area contributed by atoms with Gasteiger partial charge in [0.1, 0.15) is 0 Å². The summed E-state index contributed by atoms with van der Waals surface area (Å²) in [7, 11) is 1.53. The van der Waals surface area contributed by atoms with Gasteiger partial charge in [0, 0.05) is 18.8 Å². The summed E-state index contributed by atoms with van der Waals surface area (Å²) < 4.78 is 11.1. The molecule has 1 aliphatic heterocycles. The number of thioether (sulfide) groups is 1. The van der Waals surface area contributed by atoms with Crippen molar-refractivity contribution in [3.8, 4) is 11.5 Å². The second-order valence-electron chi connectivity index (χ2n) is 7.03. The van der Waals surface area contributed by atoms with Crippen LogP contribution >= 0.6 is 11.8 Å². The van der Waals surface area contributed by atoms with Crippen LogP contribution in [0.2, 0.25) is 0 Å². The summed E-state index contributed by atoms with van der Waals surface area (Å²) in [6.45, 7) is 6.90. The molecule has 2 aromatic carbocycles. The molecule has 1 heterocycles. The number of benzene rings is 2. The Morgan fingerprint density at radius 2 is 1.91 bits per heavy atom. The Labute approximate surface area is 192 Å². The van der Waals surface area contributed by atoms with Gasteiger partial charge in [0.05, 0.1) is 12.0 Å². The number of amidine groups is 1. The minimum absolute atomic E-state index is 0.0585. The van der Waals surface area contributed by atoms with Crippen LogP contribution in [0.1, 0.15) is 25.0 Å². The Kier molecular flexibility index (Phi) is 7.94. The Hall–Kier alpha value is -3.26. The maximum Gasteiger partial charge on any atom is 0.266 e. The molecule has 0 radical (unpaired) electrons. The number of anilines is 1. The van der Waals surface area contributed by atoms with E-state index in [1.807, 2.05) is 57.2 Å². The number of nitrogens with zero attached hydrogens (tertiary/aromatic N) is 2. The van der Waals surface area contributed by atoms with E-state index in [0.29, 0.717) is 35.2 Å². The summed E-state index contributed by atoms with van der Waals surface area (Å²) in [5.74, 6) is 0.601. The molecular weight excluding hydrogens is 426 g/mol. The summed E-state index contributed by atoms with van der Waals surface area (Å²) >= 11 is 1.37. The van der Waals surface area contributed by atoms with E-state index in [1.54, 1.807) is 17.0 Å². The molecular formula is C24H27N3O4S. The van der Waals surface area contributed by atoms with Gasteiger partial charge in [-0.05, 0) is 68.4 Å². The first kappa shape index (κ1) is 23.4. The predicted octanol–water partition coefficient (Wildman–Crippen LogP) is 4.33. The van der Waals surface area contributed by atoms with Gasteiger partial charge in [-0.3, -0.25) is 19.5 Å². The van der Waals surface area contributed by atoms with Gasteiger partial charge in [0.25, 0.3) is 11.8 Å². The normalized spacial score (nSPS) is 16.0. The number of hydrogen-bond acceptors (Lipinski definition) is 6. The highest BCUT2D eigenvalue weighted by atomic mass is 32.2. The van der Waals surface area contributed by atoms with Gasteiger partial charge < -0.3 is 14.8 Å². The van der Waals surface area contributed by atoms with Gasteiger partial charge >= 0.3 is 0 Å². The molecule has 0 aromatic heterocycles. The zero-order valence-corrected chi connectivity index (χ0v) is 19.5. The molecule has 2 amide bonds. The lowest BCUT2D eigenvalue weighted by molar-refractivity contribution is -0.122. The predicted molar refractivity (Wildman–Crippen MR) is 129 cm³/mol. The van der Waals surface area contributed by atoms with Crippen molar-refractivity contribution in [2.75, 3.05) is 32.1 Å². The molecule has 0 spiro atoms. The smallest absolute Gasteiger partial charge is 0.266 e. The molecule has 1 saturated heterocycles. The minimum atomic E-state index is -0.266. The van der Waals surface area contributed by atoms with Crippen LogP contribution in [-0.2, 0) is 9.59 Å². The van der Waals surface area contributed by atoms with Crippen LogP contribution in [0.15, 0.2) is 52.4 Å². The van der Waals surface area contributed by atoms with E-state index in [0.717, 1.165) is 16.3 Å². The van der Waals surface area contributed by atoms with Crippen LogP contribution in [0.25, 0.3) is 6.08 Å². The molecule has 7 nitrogen and oxygen atoms in total. The zero-order chi connectivity index (χ0) is 23.1. The van der Waals surface area contributed by atoms with Gasteiger partial charge in [-0.25, -0.2) is 0 Å². The van der Waals surface area contributed by atoms with Gasteiger partial charge in [-0.2, -0.15) is 0 Å². The fourth-order valence-corrected chi connectivity index (χ4v) is 4.17. The monoisotopic (exact) mass is 453 g/mol. The highest BCUT2D eigenvalue weighted by molar-refractivity contribution is 8.18. The number of amides is 2. The number of ether oxygens (including phenoxy) is 2.